The van der Waals surface area contributed by atoms with Gasteiger partial charge in [-0.1, -0.05) is 24.6 Å². The van der Waals surface area contributed by atoms with Crippen LogP contribution < -0.4 is 19.5 Å². The zero-order valence-corrected chi connectivity index (χ0v) is 25.7. The number of aromatic nitrogens is 1. The van der Waals surface area contributed by atoms with Crippen LogP contribution >= 0.6 is 11.3 Å². The Balaban J connectivity index is 1.35. The van der Waals surface area contributed by atoms with Crippen molar-refractivity contribution in [1.82, 2.24) is 20.1 Å². The van der Waals surface area contributed by atoms with E-state index in [-0.39, 0.29) is 5.91 Å². The Kier molecular flexibility index (Phi) is 11.8. The van der Waals surface area contributed by atoms with E-state index in [9.17, 15) is 4.79 Å². The zero-order chi connectivity index (χ0) is 29.0. The molecule has 1 aliphatic rings. The van der Waals surface area contributed by atoms with Crippen molar-refractivity contribution in [3.8, 4) is 17.2 Å². The lowest BCUT2D eigenvalue weighted by Gasteiger charge is -2.33. The van der Waals surface area contributed by atoms with Crippen molar-refractivity contribution >= 4 is 17.2 Å². The van der Waals surface area contributed by atoms with Crippen molar-refractivity contribution in [2.24, 2.45) is 0 Å². The summed E-state index contributed by atoms with van der Waals surface area (Å²) in [5.74, 6) is 2.20. The Morgan fingerprint density at radius 2 is 1.80 bits per heavy atom. The Morgan fingerprint density at radius 3 is 2.54 bits per heavy atom. The van der Waals surface area contributed by atoms with Gasteiger partial charge in [-0.05, 0) is 74.5 Å². The molecular formula is C32H44N4O4S. The van der Waals surface area contributed by atoms with E-state index in [1.807, 2.05) is 29.6 Å². The summed E-state index contributed by atoms with van der Waals surface area (Å²) in [6, 6.07) is 14.8. The van der Waals surface area contributed by atoms with Crippen LogP contribution in [0.4, 0.5) is 0 Å². The maximum absolute atomic E-state index is 12.8. The molecule has 0 saturated carbocycles. The summed E-state index contributed by atoms with van der Waals surface area (Å²) in [6.07, 6.45) is 5.68. The summed E-state index contributed by atoms with van der Waals surface area (Å²) >= 11 is 1.54. The van der Waals surface area contributed by atoms with Crippen LogP contribution in [0.1, 0.15) is 59.2 Å². The first-order valence-corrected chi connectivity index (χ1v) is 15.4. The van der Waals surface area contributed by atoms with E-state index in [1.165, 1.54) is 48.3 Å². The molecule has 0 spiro atoms. The fourth-order valence-electron chi connectivity index (χ4n) is 5.27. The summed E-state index contributed by atoms with van der Waals surface area (Å²) in [4.78, 5) is 22.4. The first-order chi connectivity index (χ1) is 20.0. The minimum Gasteiger partial charge on any atom is -0.497 e. The average molecular weight is 581 g/mol. The van der Waals surface area contributed by atoms with E-state index < -0.39 is 0 Å². The standard InChI is InChI=1S/C32H44N4O4S/c1-24-8-5-6-17-36(24)18-7-16-33-32(37)28-23-41-31(34-28)22-35(21-26-9-12-27(38-2)13-10-26)19-15-25-11-14-29(39-3)30(20-25)40-4/h9-14,20,23-24H,5-8,15-19,21-22H2,1-4H3,(H,33,37). The van der Waals surface area contributed by atoms with Crippen molar-refractivity contribution in [3.05, 3.63) is 69.7 Å². The molecule has 1 N–H and O–H groups in total. The van der Waals surface area contributed by atoms with E-state index in [4.69, 9.17) is 19.2 Å². The quantitative estimate of drug-likeness (QED) is 0.241. The van der Waals surface area contributed by atoms with Gasteiger partial charge >= 0.3 is 0 Å². The summed E-state index contributed by atoms with van der Waals surface area (Å²) < 4.78 is 16.2. The topological polar surface area (TPSA) is 76.2 Å². The largest absolute Gasteiger partial charge is 0.497 e. The number of nitrogens with zero attached hydrogens (tertiary/aromatic N) is 3. The van der Waals surface area contributed by atoms with Gasteiger partial charge in [0.05, 0.1) is 27.9 Å². The van der Waals surface area contributed by atoms with Gasteiger partial charge in [0.1, 0.15) is 16.5 Å². The molecule has 1 saturated heterocycles. The van der Waals surface area contributed by atoms with Crippen LogP contribution in [-0.2, 0) is 19.5 Å². The van der Waals surface area contributed by atoms with E-state index >= 15 is 0 Å². The van der Waals surface area contributed by atoms with Crippen LogP contribution in [0.2, 0.25) is 0 Å². The molecular weight excluding hydrogens is 536 g/mol. The molecule has 1 aromatic heterocycles. The number of piperidine rings is 1. The molecule has 3 aromatic rings. The smallest absolute Gasteiger partial charge is 0.270 e. The van der Waals surface area contributed by atoms with Gasteiger partial charge in [-0.15, -0.1) is 11.3 Å². The molecule has 2 heterocycles. The second-order valence-electron chi connectivity index (χ2n) is 10.6. The number of carbonyl (C=O) groups excluding carboxylic acids is 1. The van der Waals surface area contributed by atoms with Gasteiger partial charge in [0, 0.05) is 37.6 Å². The van der Waals surface area contributed by atoms with Crippen LogP contribution in [-0.4, -0.2) is 74.2 Å². The summed E-state index contributed by atoms with van der Waals surface area (Å²) in [5, 5.41) is 5.87. The zero-order valence-electron chi connectivity index (χ0n) is 24.9. The molecule has 1 unspecified atom stereocenters. The van der Waals surface area contributed by atoms with E-state index in [0.717, 1.165) is 54.7 Å². The highest BCUT2D eigenvalue weighted by Crippen LogP contribution is 2.28. The molecule has 0 aliphatic carbocycles. The number of rotatable bonds is 15. The Morgan fingerprint density at radius 1 is 1.02 bits per heavy atom. The number of amides is 1. The number of thiazole rings is 1. The molecule has 41 heavy (non-hydrogen) atoms. The third-order valence-corrected chi connectivity index (χ3v) is 8.55. The third-order valence-electron chi connectivity index (χ3n) is 7.72. The lowest BCUT2D eigenvalue weighted by Crippen LogP contribution is -2.39. The monoisotopic (exact) mass is 580 g/mol. The molecule has 0 radical (unpaired) electrons. The van der Waals surface area contributed by atoms with E-state index in [1.54, 1.807) is 21.3 Å². The van der Waals surface area contributed by atoms with E-state index in [0.29, 0.717) is 24.8 Å². The normalized spacial score (nSPS) is 15.6. The fourth-order valence-corrected chi connectivity index (χ4v) is 6.09. The molecule has 9 heteroatoms. The van der Waals surface area contributed by atoms with Gasteiger partial charge in [-0.3, -0.25) is 9.69 Å². The Labute approximate surface area is 248 Å². The predicted octanol–water partition coefficient (Wildman–Crippen LogP) is 5.41. The number of ether oxygens (including phenoxy) is 3. The number of hydrogen-bond donors (Lipinski definition) is 1. The number of carbonyl (C=O) groups is 1. The summed E-state index contributed by atoms with van der Waals surface area (Å²) in [7, 11) is 4.98. The van der Waals surface area contributed by atoms with E-state index in [2.05, 4.69) is 40.2 Å². The molecule has 1 amide bonds. The van der Waals surface area contributed by atoms with Crippen molar-refractivity contribution in [2.75, 3.05) is 47.5 Å². The lowest BCUT2D eigenvalue weighted by atomic mass is 10.0. The van der Waals surface area contributed by atoms with Crippen molar-refractivity contribution < 1.29 is 19.0 Å². The maximum Gasteiger partial charge on any atom is 0.270 e. The maximum atomic E-state index is 12.8. The number of hydrogen-bond acceptors (Lipinski definition) is 8. The number of likely N-dealkylation sites (tertiary alicyclic amines) is 1. The molecule has 1 fully saturated rings. The molecule has 2 aromatic carbocycles. The Bertz CT molecular complexity index is 1230. The van der Waals surface area contributed by atoms with Gasteiger partial charge < -0.3 is 24.4 Å². The van der Waals surface area contributed by atoms with Crippen LogP contribution in [0.3, 0.4) is 0 Å². The average Bonchev–Trinajstić information content (AvgIpc) is 3.47. The molecule has 8 nitrogen and oxygen atoms in total. The minimum absolute atomic E-state index is 0.0915. The van der Waals surface area contributed by atoms with Gasteiger partial charge in [-0.25, -0.2) is 4.98 Å². The highest BCUT2D eigenvalue weighted by Gasteiger charge is 2.18. The predicted molar refractivity (Wildman–Crippen MR) is 164 cm³/mol. The highest BCUT2D eigenvalue weighted by molar-refractivity contribution is 7.09. The van der Waals surface area contributed by atoms with Gasteiger partial charge in [-0.2, -0.15) is 0 Å². The van der Waals surface area contributed by atoms with Crippen LogP contribution in [0, 0.1) is 0 Å². The van der Waals surface area contributed by atoms with Crippen LogP contribution in [0.25, 0.3) is 0 Å². The lowest BCUT2D eigenvalue weighted by molar-refractivity contribution is 0.0944. The number of nitrogens with one attached hydrogen (secondary N) is 1. The van der Waals surface area contributed by atoms with Gasteiger partial charge in [0.2, 0.25) is 0 Å². The molecule has 1 atom stereocenters. The van der Waals surface area contributed by atoms with Crippen LogP contribution in [0.5, 0.6) is 17.2 Å². The number of benzene rings is 2. The second kappa shape index (κ2) is 15.7. The first-order valence-electron chi connectivity index (χ1n) is 14.5. The minimum atomic E-state index is -0.0915. The summed E-state index contributed by atoms with van der Waals surface area (Å²) in [6.45, 7) is 7.41. The molecule has 1 aliphatic heterocycles. The van der Waals surface area contributed by atoms with Crippen LogP contribution in [0.15, 0.2) is 47.8 Å². The molecule has 222 valence electrons. The highest BCUT2D eigenvalue weighted by atomic mass is 32.1. The van der Waals surface area contributed by atoms with Crippen molar-refractivity contribution in [3.63, 3.8) is 0 Å². The molecule has 0 bridgehead atoms. The SMILES string of the molecule is COc1ccc(CN(CCc2ccc(OC)c(OC)c2)Cc2nc(C(=O)NCCCN3CCCCC3C)cs2)cc1. The van der Waals surface area contributed by atoms with Crippen molar-refractivity contribution in [1.29, 1.82) is 0 Å². The van der Waals surface area contributed by atoms with Gasteiger partial charge in [0.25, 0.3) is 5.91 Å². The first kappa shape index (κ1) is 30.8. The number of methoxy groups -OCH3 is 3. The third kappa shape index (κ3) is 9.18. The Hall–Kier alpha value is -3.14. The second-order valence-corrected chi connectivity index (χ2v) is 11.6. The summed E-state index contributed by atoms with van der Waals surface area (Å²) in [5.41, 5.74) is 2.86. The van der Waals surface area contributed by atoms with Crippen molar-refractivity contribution in [2.45, 2.75) is 58.2 Å². The molecule has 4 rings (SSSR count). The van der Waals surface area contributed by atoms with Gasteiger partial charge in [0.15, 0.2) is 11.5 Å². The fraction of sp³-hybridized carbons (Fsp3) is 0.500.